The molecule has 0 radical (unpaired) electrons. The third-order valence-electron chi connectivity index (χ3n) is 2.26. The third kappa shape index (κ3) is 0.619. The zero-order valence-corrected chi connectivity index (χ0v) is 6.45. The van der Waals surface area contributed by atoms with Gasteiger partial charge >= 0.3 is 0 Å². The molecule has 0 bridgehead atoms. The normalized spacial score (nSPS) is 12.7. The van der Waals surface area contributed by atoms with Gasteiger partial charge in [-0.1, -0.05) is 24.3 Å². The van der Waals surface area contributed by atoms with Gasteiger partial charge in [-0.05, 0) is 5.56 Å². The lowest BCUT2D eigenvalue weighted by molar-refractivity contribution is 0.517. The van der Waals surface area contributed by atoms with Gasteiger partial charge in [-0.3, -0.25) is 0 Å². The van der Waals surface area contributed by atoms with Gasteiger partial charge < -0.3 is 4.42 Å². The lowest BCUT2D eigenvalue weighted by Crippen LogP contribution is -1.78. The van der Waals surface area contributed by atoms with E-state index in [1.165, 1.54) is 17.5 Å². The highest BCUT2D eigenvalue weighted by Crippen LogP contribution is 2.34. The van der Waals surface area contributed by atoms with Crippen LogP contribution in [0.5, 0.6) is 0 Å². The first-order valence-corrected chi connectivity index (χ1v) is 3.96. The molecule has 0 amide bonds. The fourth-order valence-electron chi connectivity index (χ4n) is 1.69. The number of rotatable bonds is 0. The number of aromatic nitrogens is 1. The number of oxazole rings is 1. The lowest BCUT2D eigenvalue weighted by Gasteiger charge is -1.94. The van der Waals surface area contributed by atoms with Crippen molar-refractivity contribution in [2.75, 3.05) is 0 Å². The van der Waals surface area contributed by atoms with Gasteiger partial charge in [0.25, 0.3) is 0 Å². The molecule has 0 saturated heterocycles. The van der Waals surface area contributed by atoms with Gasteiger partial charge in [0, 0.05) is 12.0 Å². The number of fused-ring (bicyclic) bond motifs is 3. The maximum absolute atomic E-state index is 5.25. The van der Waals surface area contributed by atoms with Crippen molar-refractivity contribution in [1.82, 2.24) is 4.98 Å². The molecule has 58 valence electrons. The minimum atomic E-state index is 0.894. The maximum Gasteiger partial charge on any atom is 0.181 e. The van der Waals surface area contributed by atoms with Crippen LogP contribution in [-0.4, -0.2) is 4.98 Å². The Bertz CT molecular complexity index is 431. The zero-order chi connectivity index (χ0) is 7.97. The Kier molecular flexibility index (Phi) is 0.987. The van der Waals surface area contributed by atoms with Gasteiger partial charge in [0.2, 0.25) is 0 Å². The Labute approximate surface area is 69.9 Å². The van der Waals surface area contributed by atoms with Gasteiger partial charge in [0.15, 0.2) is 6.39 Å². The summed E-state index contributed by atoms with van der Waals surface area (Å²) in [6, 6.07) is 8.28. The monoisotopic (exact) mass is 157 g/mol. The molecule has 2 aromatic rings. The summed E-state index contributed by atoms with van der Waals surface area (Å²) in [5.74, 6) is 0.996. The Morgan fingerprint density at radius 3 is 3.17 bits per heavy atom. The largest absolute Gasteiger partial charge is 0.447 e. The Morgan fingerprint density at radius 2 is 2.17 bits per heavy atom. The van der Waals surface area contributed by atoms with Crippen molar-refractivity contribution in [2.24, 2.45) is 0 Å². The van der Waals surface area contributed by atoms with E-state index in [2.05, 4.69) is 17.1 Å². The second kappa shape index (κ2) is 1.97. The minimum absolute atomic E-state index is 0.894. The van der Waals surface area contributed by atoms with Crippen molar-refractivity contribution in [2.45, 2.75) is 6.42 Å². The van der Waals surface area contributed by atoms with Crippen LogP contribution in [-0.2, 0) is 6.42 Å². The van der Waals surface area contributed by atoms with E-state index < -0.39 is 0 Å². The Balaban J connectivity index is 2.34. The average Bonchev–Trinajstić information content (AvgIpc) is 2.62. The summed E-state index contributed by atoms with van der Waals surface area (Å²) in [7, 11) is 0. The predicted molar refractivity (Wildman–Crippen MR) is 44.7 cm³/mol. The molecule has 0 aliphatic heterocycles. The standard InChI is InChI=1S/C10H7NO/c1-2-4-8-7(3-1)5-9-10(8)11-6-12-9/h1-4,6H,5H2. The van der Waals surface area contributed by atoms with E-state index in [9.17, 15) is 0 Å². The molecule has 1 aliphatic carbocycles. The highest BCUT2D eigenvalue weighted by molar-refractivity contribution is 5.71. The second-order valence-electron chi connectivity index (χ2n) is 2.96. The summed E-state index contributed by atoms with van der Waals surface area (Å²) >= 11 is 0. The van der Waals surface area contributed by atoms with E-state index in [4.69, 9.17) is 4.42 Å². The number of nitrogens with zero attached hydrogens (tertiary/aromatic N) is 1. The summed E-state index contributed by atoms with van der Waals surface area (Å²) < 4.78 is 5.25. The van der Waals surface area contributed by atoms with E-state index in [0.717, 1.165) is 17.9 Å². The van der Waals surface area contributed by atoms with E-state index in [-0.39, 0.29) is 0 Å². The first kappa shape index (κ1) is 6.00. The molecule has 0 N–H and O–H groups in total. The summed E-state index contributed by atoms with van der Waals surface area (Å²) in [5, 5.41) is 0. The third-order valence-corrected chi connectivity index (χ3v) is 2.26. The molecule has 0 saturated carbocycles. The van der Waals surface area contributed by atoms with Crippen molar-refractivity contribution in [3.05, 3.63) is 42.0 Å². The molecule has 0 unspecified atom stereocenters. The van der Waals surface area contributed by atoms with E-state index >= 15 is 0 Å². The fraction of sp³-hybridized carbons (Fsp3) is 0.100. The highest BCUT2D eigenvalue weighted by atomic mass is 16.3. The lowest BCUT2D eigenvalue weighted by atomic mass is 10.1. The van der Waals surface area contributed by atoms with Crippen LogP contribution in [0.25, 0.3) is 11.3 Å². The number of benzene rings is 1. The summed E-state index contributed by atoms with van der Waals surface area (Å²) in [5.41, 5.74) is 3.56. The first-order chi connectivity index (χ1) is 5.95. The van der Waals surface area contributed by atoms with Crippen molar-refractivity contribution >= 4 is 0 Å². The van der Waals surface area contributed by atoms with Crippen LogP contribution in [0.2, 0.25) is 0 Å². The SMILES string of the molecule is c1ccc2c(c1)Cc1ocnc1-2. The second-order valence-corrected chi connectivity index (χ2v) is 2.96. The van der Waals surface area contributed by atoms with E-state index in [0.29, 0.717) is 0 Å². The molecular formula is C10H7NO. The molecule has 12 heavy (non-hydrogen) atoms. The van der Waals surface area contributed by atoms with Gasteiger partial charge in [0.1, 0.15) is 11.5 Å². The van der Waals surface area contributed by atoms with Crippen molar-refractivity contribution in [3.63, 3.8) is 0 Å². The van der Waals surface area contributed by atoms with Crippen molar-refractivity contribution < 1.29 is 4.42 Å². The molecule has 1 aliphatic rings. The van der Waals surface area contributed by atoms with E-state index in [1.807, 2.05) is 12.1 Å². The topological polar surface area (TPSA) is 26.0 Å². The molecular weight excluding hydrogens is 150 g/mol. The fourth-order valence-corrected chi connectivity index (χ4v) is 1.69. The Hall–Kier alpha value is -1.57. The van der Waals surface area contributed by atoms with Gasteiger partial charge in [0.05, 0.1) is 0 Å². The smallest absolute Gasteiger partial charge is 0.181 e. The molecule has 3 rings (SSSR count). The average molecular weight is 157 g/mol. The first-order valence-electron chi connectivity index (χ1n) is 3.96. The molecule has 1 heterocycles. The van der Waals surface area contributed by atoms with Gasteiger partial charge in [-0.25, -0.2) is 4.98 Å². The van der Waals surface area contributed by atoms with Crippen molar-refractivity contribution in [1.29, 1.82) is 0 Å². The zero-order valence-electron chi connectivity index (χ0n) is 6.45. The molecule has 1 aromatic carbocycles. The summed E-state index contributed by atoms with van der Waals surface area (Å²) in [6.45, 7) is 0. The Morgan fingerprint density at radius 1 is 1.25 bits per heavy atom. The van der Waals surface area contributed by atoms with Crippen LogP contribution in [0.4, 0.5) is 0 Å². The maximum atomic E-state index is 5.25. The van der Waals surface area contributed by atoms with Crippen LogP contribution in [0, 0.1) is 0 Å². The highest BCUT2D eigenvalue weighted by Gasteiger charge is 2.21. The summed E-state index contributed by atoms with van der Waals surface area (Å²) in [6.07, 6.45) is 2.41. The minimum Gasteiger partial charge on any atom is -0.447 e. The molecule has 0 atom stereocenters. The van der Waals surface area contributed by atoms with E-state index in [1.54, 1.807) is 0 Å². The molecule has 0 fully saturated rings. The van der Waals surface area contributed by atoms with Crippen molar-refractivity contribution in [3.8, 4) is 11.3 Å². The molecule has 0 spiro atoms. The van der Waals surface area contributed by atoms with Crippen LogP contribution in [0.1, 0.15) is 11.3 Å². The number of hydrogen-bond acceptors (Lipinski definition) is 2. The van der Waals surface area contributed by atoms with Gasteiger partial charge in [-0.15, -0.1) is 0 Å². The summed E-state index contributed by atoms with van der Waals surface area (Å²) in [4.78, 5) is 4.17. The van der Waals surface area contributed by atoms with Crippen LogP contribution in [0.15, 0.2) is 35.1 Å². The predicted octanol–water partition coefficient (Wildman–Crippen LogP) is 2.25. The quantitative estimate of drug-likeness (QED) is 0.500. The molecule has 1 aromatic heterocycles. The van der Waals surface area contributed by atoms with Crippen LogP contribution >= 0.6 is 0 Å². The van der Waals surface area contributed by atoms with Crippen LogP contribution in [0.3, 0.4) is 0 Å². The molecule has 2 heteroatoms. The number of hydrogen-bond donors (Lipinski definition) is 0. The van der Waals surface area contributed by atoms with Crippen LogP contribution < -0.4 is 0 Å². The molecule has 2 nitrogen and oxygen atoms in total. The van der Waals surface area contributed by atoms with Gasteiger partial charge in [-0.2, -0.15) is 0 Å².